The summed E-state index contributed by atoms with van der Waals surface area (Å²) in [6.45, 7) is 5.76. The lowest BCUT2D eigenvalue weighted by Gasteiger charge is -2.08. The molecule has 0 radical (unpaired) electrons. The quantitative estimate of drug-likeness (QED) is 0.188. The zero-order chi connectivity index (χ0) is 26.1. The molecule has 2 aromatic carbocycles. The molecule has 6 heteroatoms. The van der Waals surface area contributed by atoms with Crippen LogP contribution >= 0.6 is 0 Å². The Morgan fingerprint density at radius 1 is 0.944 bits per heavy atom. The van der Waals surface area contributed by atoms with Crippen molar-refractivity contribution >= 4 is 28.4 Å². The predicted octanol–water partition coefficient (Wildman–Crippen LogP) is 6.73. The normalized spacial score (nSPS) is 11.2. The van der Waals surface area contributed by atoms with Crippen LogP contribution in [-0.4, -0.2) is 33.8 Å². The van der Waals surface area contributed by atoms with Crippen LogP contribution in [0.15, 0.2) is 48.7 Å². The van der Waals surface area contributed by atoms with Gasteiger partial charge < -0.3 is 14.4 Å². The van der Waals surface area contributed by atoms with Gasteiger partial charge in [-0.15, -0.1) is 0 Å². The van der Waals surface area contributed by atoms with Crippen molar-refractivity contribution in [1.29, 1.82) is 0 Å². The number of aromatic nitrogens is 1. The van der Waals surface area contributed by atoms with Gasteiger partial charge in [0.15, 0.2) is 11.6 Å². The van der Waals surface area contributed by atoms with E-state index >= 15 is 0 Å². The monoisotopic (exact) mass is 491 g/mol. The highest BCUT2D eigenvalue weighted by molar-refractivity contribution is 6.10. The Kier molecular flexibility index (Phi) is 9.86. The first-order valence-corrected chi connectivity index (χ1v) is 12.9. The third-order valence-electron chi connectivity index (χ3n) is 6.41. The molecular weight excluding hydrogens is 454 g/mol. The molecule has 0 fully saturated rings. The summed E-state index contributed by atoms with van der Waals surface area (Å²) in [5.41, 5.74) is 2.45. The smallest absolute Gasteiger partial charge is 0.335 e. The minimum absolute atomic E-state index is 0.0322. The number of aryl methyl sites for hydroxylation is 1. The third kappa shape index (κ3) is 7.30. The Morgan fingerprint density at radius 2 is 1.64 bits per heavy atom. The minimum atomic E-state index is -1.06. The Morgan fingerprint density at radius 3 is 2.31 bits per heavy atom. The number of unbranched alkanes of at least 4 members (excludes halogenated alkanes) is 5. The molecule has 0 bridgehead atoms. The number of rotatable bonds is 15. The number of aromatic carboxylic acids is 1. The number of fused-ring (bicyclic) bond motifs is 1. The molecule has 192 valence electrons. The van der Waals surface area contributed by atoms with Crippen LogP contribution in [0.25, 0.3) is 10.9 Å². The van der Waals surface area contributed by atoms with E-state index in [-0.39, 0.29) is 36.2 Å². The van der Waals surface area contributed by atoms with E-state index in [4.69, 9.17) is 4.74 Å². The molecule has 36 heavy (non-hydrogen) atoms. The van der Waals surface area contributed by atoms with Crippen molar-refractivity contribution in [3.63, 3.8) is 0 Å². The van der Waals surface area contributed by atoms with Crippen molar-refractivity contribution in [2.45, 2.75) is 72.3 Å². The standard InChI is InChI=1S/C30H37NO5/c1-4-5-6-7-8-9-10-22-11-14-25(15-12-22)36-20-24(32)18-31-19-27(29(33)21(2)3)26-17-23(30(34)35)13-16-28(26)31/h11-17,19,21H,4-10,18,20H2,1-3H3,(H,34,35). The van der Waals surface area contributed by atoms with E-state index in [1.54, 1.807) is 30.7 Å². The summed E-state index contributed by atoms with van der Waals surface area (Å²) < 4.78 is 7.41. The molecule has 0 atom stereocenters. The summed E-state index contributed by atoms with van der Waals surface area (Å²) in [4.78, 5) is 36.9. The maximum absolute atomic E-state index is 12.7. The fraction of sp³-hybridized carbons (Fsp3) is 0.433. The van der Waals surface area contributed by atoms with Gasteiger partial charge in [-0.05, 0) is 48.7 Å². The number of carbonyl (C=O) groups is 3. The summed E-state index contributed by atoms with van der Waals surface area (Å²) in [6, 6.07) is 12.5. The van der Waals surface area contributed by atoms with Crippen LogP contribution < -0.4 is 4.74 Å². The second-order valence-electron chi connectivity index (χ2n) is 9.72. The maximum atomic E-state index is 12.7. The van der Waals surface area contributed by atoms with Crippen molar-refractivity contribution in [3.05, 3.63) is 65.4 Å². The van der Waals surface area contributed by atoms with Gasteiger partial charge in [-0.1, -0.05) is 65.0 Å². The Labute approximate surface area is 213 Å². The molecule has 0 spiro atoms. The van der Waals surface area contributed by atoms with Gasteiger partial charge in [0.1, 0.15) is 12.4 Å². The summed E-state index contributed by atoms with van der Waals surface area (Å²) in [6.07, 6.45) is 10.3. The number of hydrogen-bond donors (Lipinski definition) is 1. The maximum Gasteiger partial charge on any atom is 0.335 e. The molecular formula is C30H37NO5. The summed E-state index contributed by atoms with van der Waals surface area (Å²) >= 11 is 0. The summed E-state index contributed by atoms with van der Waals surface area (Å²) in [5, 5.41) is 9.90. The lowest BCUT2D eigenvalue weighted by atomic mass is 10.00. The van der Waals surface area contributed by atoms with Crippen molar-refractivity contribution in [1.82, 2.24) is 4.57 Å². The molecule has 1 heterocycles. The van der Waals surface area contributed by atoms with Crippen LogP contribution in [0.5, 0.6) is 5.75 Å². The number of carbonyl (C=O) groups excluding carboxylic acids is 2. The molecule has 0 saturated heterocycles. The molecule has 1 N–H and O–H groups in total. The number of carboxylic acids is 1. The van der Waals surface area contributed by atoms with Crippen molar-refractivity contribution in [2.75, 3.05) is 6.61 Å². The molecule has 3 rings (SSSR count). The molecule has 0 aliphatic carbocycles. The van der Waals surface area contributed by atoms with Gasteiger partial charge in [0.05, 0.1) is 12.1 Å². The zero-order valence-electron chi connectivity index (χ0n) is 21.6. The van der Waals surface area contributed by atoms with Crippen LogP contribution in [0.1, 0.15) is 85.6 Å². The molecule has 0 aliphatic rings. The van der Waals surface area contributed by atoms with Gasteiger partial charge in [0, 0.05) is 28.6 Å². The van der Waals surface area contributed by atoms with Crippen LogP contribution in [0.2, 0.25) is 0 Å². The average molecular weight is 492 g/mol. The van der Waals surface area contributed by atoms with E-state index in [1.165, 1.54) is 56.2 Å². The van der Waals surface area contributed by atoms with E-state index < -0.39 is 5.97 Å². The highest BCUT2D eigenvalue weighted by Crippen LogP contribution is 2.26. The van der Waals surface area contributed by atoms with Gasteiger partial charge in [0.2, 0.25) is 0 Å². The van der Waals surface area contributed by atoms with Gasteiger partial charge in [-0.25, -0.2) is 4.79 Å². The number of Topliss-reactive ketones (excluding diaryl/α,β-unsaturated/α-hetero) is 2. The summed E-state index contributed by atoms with van der Waals surface area (Å²) in [5.74, 6) is -0.898. The molecule has 0 amide bonds. The van der Waals surface area contributed by atoms with E-state index in [1.807, 2.05) is 12.1 Å². The van der Waals surface area contributed by atoms with Gasteiger partial charge in [-0.3, -0.25) is 9.59 Å². The first kappa shape index (κ1) is 27.2. The van der Waals surface area contributed by atoms with Crippen LogP contribution in [-0.2, 0) is 17.8 Å². The summed E-state index contributed by atoms with van der Waals surface area (Å²) in [7, 11) is 0. The van der Waals surface area contributed by atoms with Crippen molar-refractivity contribution < 1.29 is 24.2 Å². The van der Waals surface area contributed by atoms with E-state index in [0.29, 0.717) is 22.2 Å². The first-order valence-electron chi connectivity index (χ1n) is 12.9. The van der Waals surface area contributed by atoms with Crippen LogP contribution in [0.4, 0.5) is 0 Å². The molecule has 0 unspecified atom stereocenters. The van der Waals surface area contributed by atoms with E-state index in [2.05, 4.69) is 19.1 Å². The van der Waals surface area contributed by atoms with Crippen molar-refractivity contribution in [2.24, 2.45) is 5.92 Å². The number of ketones is 2. The molecule has 1 aromatic heterocycles. The second kappa shape index (κ2) is 13.1. The lowest BCUT2D eigenvalue weighted by molar-refractivity contribution is -0.121. The molecule has 0 saturated carbocycles. The number of hydrogen-bond acceptors (Lipinski definition) is 4. The number of carboxylic acid groups (broad SMARTS) is 1. The van der Waals surface area contributed by atoms with Gasteiger partial charge in [-0.2, -0.15) is 0 Å². The number of ether oxygens (including phenoxy) is 1. The Balaban J connectivity index is 1.60. The topological polar surface area (TPSA) is 85.6 Å². The van der Waals surface area contributed by atoms with Crippen LogP contribution in [0.3, 0.4) is 0 Å². The fourth-order valence-electron chi connectivity index (χ4n) is 4.33. The minimum Gasteiger partial charge on any atom is -0.486 e. The third-order valence-corrected chi connectivity index (χ3v) is 6.41. The Bertz CT molecular complexity index is 1190. The van der Waals surface area contributed by atoms with Crippen molar-refractivity contribution in [3.8, 4) is 5.75 Å². The SMILES string of the molecule is CCCCCCCCc1ccc(OCC(=O)Cn2cc(C(=O)C(C)C)c3cc(C(=O)O)ccc32)cc1. The first-order chi connectivity index (χ1) is 17.3. The van der Waals surface area contributed by atoms with Gasteiger partial charge in [0.25, 0.3) is 0 Å². The molecule has 0 aliphatic heterocycles. The lowest BCUT2D eigenvalue weighted by Crippen LogP contribution is -2.17. The van der Waals surface area contributed by atoms with E-state index in [9.17, 15) is 19.5 Å². The largest absolute Gasteiger partial charge is 0.486 e. The second-order valence-corrected chi connectivity index (χ2v) is 9.72. The highest BCUT2D eigenvalue weighted by atomic mass is 16.5. The Hall–Kier alpha value is -3.41. The fourth-order valence-corrected chi connectivity index (χ4v) is 4.33. The zero-order valence-corrected chi connectivity index (χ0v) is 21.6. The van der Waals surface area contributed by atoms with Crippen LogP contribution in [0, 0.1) is 5.92 Å². The molecule has 6 nitrogen and oxygen atoms in total. The van der Waals surface area contributed by atoms with E-state index in [0.717, 1.165) is 6.42 Å². The number of benzene rings is 2. The molecule has 3 aromatic rings. The van der Waals surface area contributed by atoms with Gasteiger partial charge >= 0.3 is 5.97 Å². The predicted molar refractivity (Wildman–Crippen MR) is 142 cm³/mol. The average Bonchev–Trinajstić information content (AvgIpc) is 3.22. The highest BCUT2D eigenvalue weighted by Gasteiger charge is 2.20. The number of nitrogens with zero attached hydrogens (tertiary/aromatic N) is 1.